The molecule has 0 atom stereocenters. The number of benzene rings is 1. The minimum absolute atomic E-state index is 0.155. The molecule has 2 aromatic heterocycles. The fraction of sp³-hybridized carbons (Fsp3) is 0.316. The minimum Gasteiger partial charge on any atom is -0.493 e. The van der Waals surface area contributed by atoms with Crippen LogP contribution in [0.3, 0.4) is 0 Å². The Balaban J connectivity index is 2.02. The van der Waals surface area contributed by atoms with Crippen molar-refractivity contribution in [2.75, 3.05) is 46.0 Å². The molecule has 28 heavy (non-hydrogen) atoms. The molecule has 0 aliphatic heterocycles. The highest BCUT2D eigenvalue weighted by Crippen LogP contribution is 2.32. The number of rotatable bonds is 8. The van der Waals surface area contributed by atoms with Crippen molar-refractivity contribution in [2.45, 2.75) is 6.29 Å². The first-order valence-corrected chi connectivity index (χ1v) is 8.55. The Morgan fingerprint density at radius 1 is 0.929 bits per heavy atom. The van der Waals surface area contributed by atoms with E-state index in [0.29, 0.717) is 34.9 Å². The molecule has 3 aromatic rings. The highest BCUT2D eigenvalue weighted by atomic mass is 16.7. The second kappa shape index (κ2) is 8.68. The Morgan fingerprint density at radius 3 is 2.36 bits per heavy atom. The van der Waals surface area contributed by atoms with Gasteiger partial charge in [0.25, 0.3) is 0 Å². The first kappa shape index (κ1) is 19.6. The summed E-state index contributed by atoms with van der Waals surface area (Å²) in [4.78, 5) is 13.3. The van der Waals surface area contributed by atoms with E-state index in [0.717, 1.165) is 11.3 Å². The van der Waals surface area contributed by atoms with Crippen molar-refractivity contribution in [1.82, 2.24) is 15.0 Å². The number of nitrogens with one attached hydrogen (secondary N) is 1. The van der Waals surface area contributed by atoms with Crippen molar-refractivity contribution in [3.05, 3.63) is 30.3 Å². The van der Waals surface area contributed by atoms with Gasteiger partial charge in [0.1, 0.15) is 5.52 Å². The van der Waals surface area contributed by atoms with Crippen LogP contribution in [0.5, 0.6) is 11.5 Å². The lowest BCUT2D eigenvalue weighted by molar-refractivity contribution is -0.0914. The molecule has 2 heterocycles. The van der Waals surface area contributed by atoms with E-state index >= 15 is 0 Å². The number of nitrogen functional groups attached to an aromatic ring is 1. The zero-order valence-electron chi connectivity index (χ0n) is 16.2. The van der Waals surface area contributed by atoms with Gasteiger partial charge in [-0.2, -0.15) is 4.98 Å². The fourth-order valence-electron chi connectivity index (χ4n) is 2.75. The van der Waals surface area contributed by atoms with Crippen molar-refractivity contribution >= 4 is 22.8 Å². The van der Waals surface area contributed by atoms with Crippen LogP contribution in [0.25, 0.3) is 22.3 Å². The molecular formula is C19H23N5O4. The summed E-state index contributed by atoms with van der Waals surface area (Å²) < 4.78 is 21.1. The topological polar surface area (TPSA) is 114 Å². The van der Waals surface area contributed by atoms with E-state index in [1.165, 1.54) is 0 Å². The van der Waals surface area contributed by atoms with Gasteiger partial charge in [-0.05, 0) is 30.3 Å². The average molecular weight is 385 g/mol. The van der Waals surface area contributed by atoms with Gasteiger partial charge >= 0.3 is 0 Å². The van der Waals surface area contributed by atoms with Crippen molar-refractivity contribution in [3.8, 4) is 22.8 Å². The van der Waals surface area contributed by atoms with Gasteiger partial charge in [-0.1, -0.05) is 0 Å². The molecule has 1 aromatic carbocycles. The number of methoxy groups -OCH3 is 4. The summed E-state index contributed by atoms with van der Waals surface area (Å²) in [7, 11) is 6.32. The minimum atomic E-state index is -0.430. The Kier molecular flexibility index (Phi) is 6.07. The number of fused-ring (bicyclic) bond motifs is 1. The number of pyridine rings is 1. The van der Waals surface area contributed by atoms with Gasteiger partial charge < -0.3 is 30.0 Å². The third kappa shape index (κ3) is 4.05. The largest absolute Gasteiger partial charge is 0.493 e. The molecule has 0 spiro atoms. The summed E-state index contributed by atoms with van der Waals surface area (Å²) in [5.74, 6) is 1.93. The quantitative estimate of drug-likeness (QED) is 0.564. The van der Waals surface area contributed by atoms with E-state index < -0.39 is 6.29 Å². The molecule has 0 amide bonds. The maximum Gasteiger partial charge on any atom is 0.222 e. The molecule has 9 heteroatoms. The van der Waals surface area contributed by atoms with Gasteiger partial charge in [-0.3, -0.25) is 0 Å². The molecule has 3 N–H and O–H groups in total. The normalized spacial score (nSPS) is 11.0. The van der Waals surface area contributed by atoms with Crippen molar-refractivity contribution in [1.29, 1.82) is 0 Å². The van der Waals surface area contributed by atoms with Gasteiger partial charge in [0.15, 0.2) is 23.6 Å². The van der Waals surface area contributed by atoms with Crippen LogP contribution in [0.2, 0.25) is 0 Å². The summed E-state index contributed by atoms with van der Waals surface area (Å²) in [5, 5.41) is 3.16. The van der Waals surface area contributed by atoms with E-state index in [1.54, 1.807) is 28.4 Å². The SMILES string of the molecule is COc1ccc(-c2ccc3nc(N)nc(NCC(OC)OC)c3n2)cc1OC. The van der Waals surface area contributed by atoms with Crippen molar-refractivity contribution in [3.63, 3.8) is 0 Å². The van der Waals surface area contributed by atoms with Crippen LogP contribution in [0.4, 0.5) is 11.8 Å². The zero-order chi connectivity index (χ0) is 20.1. The Bertz CT molecular complexity index is 962. The lowest BCUT2D eigenvalue weighted by atomic mass is 10.1. The van der Waals surface area contributed by atoms with Gasteiger partial charge in [-0.25, -0.2) is 9.97 Å². The molecule has 148 valence electrons. The third-order valence-electron chi connectivity index (χ3n) is 4.20. The molecule has 0 bridgehead atoms. The number of aromatic nitrogens is 3. The van der Waals surface area contributed by atoms with Crippen LogP contribution in [-0.4, -0.2) is 56.2 Å². The lowest BCUT2D eigenvalue weighted by Crippen LogP contribution is -2.24. The number of anilines is 2. The second-order valence-electron chi connectivity index (χ2n) is 5.85. The third-order valence-corrected chi connectivity index (χ3v) is 4.20. The predicted octanol–water partition coefficient (Wildman–Crippen LogP) is 2.32. The van der Waals surface area contributed by atoms with Crippen LogP contribution >= 0.6 is 0 Å². The van der Waals surface area contributed by atoms with E-state index in [-0.39, 0.29) is 5.95 Å². The second-order valence-corrected chi connectivity index (χ2v) is 5.85. The van der Waals surface area contributed by atoms with Crippen LogP contribution in [0.1, 0.15) is 0 Å². The molecule has 0 saturated carbocycles. The molecule has 0 fully saturated rings. The van der Waals surface area contributed by atoms with E-state index in [9.17, 15) is 0 Å². The molecule has 0 saturated heterocycles. The van der Waals surface area contributed by atoms with Crippen LogP contribution in [-0.2, 0) is 9.47 Å². The smallest absolute Gasteiger partial charge is 0.222 e. The number of nitrogens with two attached hydrogens (primary N) is 1. The van der Waals surface area contributed by atoms with Crippen LogP contribution in [0.15, 0.2) is 30.3 Å². The summed E-state index contributed by atoms with van der Waals surface area (Å²) in [6, 6.07) is 9.33. The highest BCUT2D eigenvalue weighted by molar-refractivity contribution is 5.88. The van der Waals surface area contributed by atoms with Crippen molar-refractivity contribution in [2.24, 2.45) is 0 Å². The molecule has 9 nitrogen and oxygen atoms in total. The van der Waals surface area contributed by atoms with Gasteiger partial charge in [-0.15, -0.1) is 0 Å². The monoisotopic (exact) mass is 385 g/mol. The van der Waals surface area contributed by atoms with Crippen molar-refractivity contribution < 1.29 is 18.9 Å². The highest BCUT2D eigenvalue weighted by Gasteiger charge is 2.13. The molecule has 0 aliphatic carbocycles. The molecular weight excluding hydrogens is 362 g/mol. The van der Waals surface area contributed by atoms with Crippen LogP contribution in [0, 0.1) is 0 Å². The van der Waals surface area contributed by atoms with Gasteiger partial charge in [0.2, 0.25) is 5.95 Å². The zero-order valence-corrected chi connectivity index (χ0v) is 16.2. The maximum atomic E-state index is 5.83. The van der Waals surface area contributed by atoms with E-state index in [2.05, 4.69) is 15.3 Å². The number of hydrogen-bond donors (Lipinski definition) is 2. The Hall–Kier alpha value is -3.17. The molecule has 0 radical (unpaired) electrons. The molecule has 0 aliphatic rings. The number of nitrogens with zero attached hydrogens (tertiary/aromatic N) is 3. The first-order chi connectivity index (χ1) is 13.6. The summed E-state index contributed by atoms with van der Waals surface area (Å²) in [6.07, 6.45) is -0.430. The van der Waals surface area contributed by atoms with Gasteiger partial charge in [0.05, 0.1) is 32.0 Å². The summed E-state index contributed by atoms with van der Waals surface area (Å²) in [5.41, 5.74) is 8.66. The Morgan fingerprint density at radius 2 is 1.68 bits per heavy atom. The molecule has 0 unspecified atom stereocenters. The predicted molar refractivity (Wildman–Crippen MR) is 107 cm³/mol. The van der Waals surface area contributed by atoms with E-state index in [4.69, 9.17) is 29.7 Å². The van der Waals surface area contributed by atoms with Gasteiger partial charge in [0, 0.05) is 19.8 Å². The summed E-state index contributed by atoms with van der Waals surface area (Å²) in [6.45, 7) is 0.376. The number of ether oxygens (including phenoxy) is 4. The standard InChI is InChI=1S/C19H23N5O4/c1-25-14-8-5-11(9-15(14)26-2)12-6-7-13-17(22-12)18(24-19(20)23-13)21-10-16(27-3)28-4/h5-9,16H,10H2,1-4H3,(H3,20,21,23,24). The average Bonchev–Trinajstić information content (AvgIpc) is 2.73. The first-order valence-electron chi connectivity index (χ1n) is 8.55. The summed E-state index contributed by atoms with van der Waals surface area (Å²) >= 11 is 0. The number of hydrogen-bond acceptors (Lipinski definition) is 9. The fourth-order valence-corrected chi connectivity index (χ4v) is 2.75. The maximum absolute atomic E-state index is 5.83. The Labute approximate surface area is 162 Å². The van der Waals surface area contributed by atoms with Crippen LogP contribution < -0.4 is 20.5 Å². The van der Waals surface area contributed by atoms with E-state index in [1.807, 2.05) is 30.3 Å². The molecule has 3 rings (SSSR count). The lowest BCUT2D eigenvalue weighted by Gasteiger charge is -2.15.